The van der Waals surface area contributed by atoms with Crippen LogP contribution < -0.4 is 10.1 Å². The number of nitrogens with one attached hydrogen (secondary N) is 1. The molecule has 1 aromatic rings. The number of amides is 1. The Labute approximate surface area is 117 Å². The van der Waals surface area contributed by atoms with E-state index in [1.807, 2.05) is 26.0 Å². The van der Waals surface area contributed by atoms with Crippen LogP contribution in [0.4, 0.5) is 0 Å². The van der Waals surface area contributed by atoms with Gasteiger partial charge in [0.2, 0.25) is 5.91 Å². The van der Waals surface area contributed by atoms with E-state index in [0.717, 1.165) is 11.3 Å². The molecule has 0 aliphatic rings. The molecule has 3 nitrogen and oxygen atoms in total. The lowest BCUT2D eigenvalue weighted by atomic mass is 10.2. The normalized spacial score (nSPS) is 12.0. The standard InChI is InChI=1S/C13H17Cl2NO2/c1-9-7-11(3-4-12(9)15)18-10(2)8-16-13(17)5-6-14/h3-4,7,10H,5-6,8H2,1-2H3,(H,16,17). The maximum atomic E-state index is 11.2. The van der Waals surface area contributed by atoms with Crippen molar-refractivity contribution in [1.82, 2.24) is 5.32 Å². The first-order chi connectivity index (χ1) is 8.52. The molecule has 0 fully saturated rings. The van der Waals surface area contributed by atoms with E-state index in [9.17, 15) is 4.79 Å². The lowest BCUT2D eigenvalue weighted by molar-refractivity contribution is -0.121. The fraction of sp³-hybridized carbons (Fsp3) is 0.462. The molecule has 0 aromatic heterocycles. The maximum absolute atomic E-state index is 11.2. The van der Waals surface area contributed by atoms with Crippen molar-refractivity contribution >= 4 is 29.1 Å². The minimum absolute atomic E-state index is 0.0623. The van der Waals surface area contributed by atoms with E-state index in [0.29, 0.717) is 23.9 Å². The molecular weight excluding hydrogens is 273 g/mol. The summed E-state index contributed by atoms with van der Waals surface area (Å²) in [4.78, 5) is 11.2. The van der Waals surface area contributed by atoms with Crippen molar-refractivity contribution in [3.63, 3.8) is 0 Å². The monoisotopic (exact) mass is 289 g/mol. The summed E-state index contributed by atoms with van der Waals surface area (Å²) in [5.41, 5.74) is 0.965. The summed E-state index contributed by atoms with van der Waals surface area (Å²) in [6, 6.07) is 5.48. The Balaban J connectivity index is 2.42. The van der Waals surface area contributed by atoms with Gasteiger partial charge in [0.1, 0.15) is 11.9 Å². The van der Waals surface area contributed by atoms with Crippen LogP contribution in [0.25, 0.3) is 0 Å². The van der Waals surface area contributed by atoms with Gasteiger partial charge in [-0.3, -0.25) is 4.79 Å². The van der Waals surface area contributed by atoms with Crippen LogP contribution in [0.3, 0.4) is 0 Å². The van der Waals surface area contributed by atoms with Gasteiger partial charge in [0.05, 0.1) is 6.54 Å². The number of halogens is 2. The predicted molar refractivity (Wildman–Crippen MR) is 74.6 cm³/mol. The number of rotatable bonds is 6. The molecule has 1 aromatic carbocycles. The number of benzene rings is 1. The molecule has 0 aliphatic carbocycles. The number of ether oxygens (including phenoxy) is 1. The average Bonchev–Trinajstić information content (AvgIpc) is 2.32. The summed E-state index contributed by atoms with van der Waals surface area (Å²) < 4.78 is 5.67. The summed E-state index contributed by atoms with van der Waals surface area (Å²) in [6.07, 6.45) is 0.221. The van der Waals surface area contributed by atoms with Gasteiger partial charge in [-0.2, -0.15) is 0 Å². The van der Waals surface area contributed by atoms with Gasteiger partial charge in [0.25, 0.3) is 0 Å². The Bertz CT molecular complexity index is 410. The lowest BCUT2D eigenvalue weighted by Crippen LogP contribution is -2.33. The first kappa shape index (κ1) is 15.1. The molecule has 5 heteroatoms. The molecule has 0 saturated heterocycles. The van der Waals surface area contributed by atoms with Crippen LogP contribution in [0.5, 0.6) is 5.75 Å². The maximum Gasteiger partial charge on any atom is 0.221 e. The molecular formula is C13H17Cl2NO2. The number of carbonyl (C=O) groups is 1. The number of aryl methyl sites for hydroxylation is 1. The molecule has 1 amide bonds. The van der Waals surface area contributed by atoms with Crippen molar-refractivity contribution < 1.29 is 9.53 Å². The minimum atomic E-state index is -0.107. The number of hydrogen-bond acceptors (Lipinski definition) is 2. The van der Waals surface area contributed by atoms with E-state index in [1.165, 1.54) is 0 Å². The van der Waals surface area contributed by atoms with Crippen molar-refractivity contribution in [2.24, 2.45) is 0 Å². The third-order valence-corrected chi connectivity index (χ3v) is 2.99. The van der Waals surface area contributed by atoms with E-state index in [1.54, 1.807) is 6.07 Å². The van der Waals surface area contributed by atoms with Crippen LogP contribution >= 0.6 is 23.2 Å². The molecule has 100 valence electrons. The van der Waals surface area contributed by atoms with Crippen molar-refractivity contribution in [1.29, 1.82) is 0 Å². The van der Waals surface area contributed by atoms with Gasteiger partial charge in [-0.05, 0) is 37.6 Å². The SMILES string of the molecule is Cc1cc(OC(C)CNC(=O)CCCl)ccc1Cl. The predicted octanol–water partition coefficient (Wildman–Crippen LogP) is 3.16. The molecule has 0 heterocycles. The molecule has 1 atom stereocenters. The average molecular weight is 290 g/mol. The zero-order valence-electron chi connectivity index (χ0n) is 10.5. The Morgan fingerprint density at radius 3 is 2.83 bits per heavy atom. The van der Waals surface area contributed by atoms with Gasteiger partial charge in [0, 0.05) is 17.3 Å². The molecule has 0 radical (unpaired) electrons. The van der Waals surface area contributed by atoms with E-state index < -0.39 is 0 Å². The van der Waals surface area contributed by atoms with Gasteiger partial charge >= 0.3 is 0 Å². The van der Waals surface area contributed by atoms with Crippen LogP contribution in [0, 0.1) is 6.92 Å². The second-order valence-electron chi connectivity index (χ2n) is 4.08. The Morgan fingerprint density at radius 2 is 2.22 bits per heavy atom. The van der Waals surface area contributed by atoms with Crippen molar-refractivity contribution in [2.45, 2.75) is 26.4 Å². The third-order valence-electron chi connectivity index (χ3n) is 2.37. The minimum Gasteiger partial charge on any atom is -0.489 e. The zero-order valence-corrected chi connectivity index (χ0v) is 12.0. The second kappa shape index (κ2) is 7.49. The largest absolute Gasteiger partial charge is 0.489 e. The summed E-state index contributed by atoms with van der Waals surface area (Å²) in [5, 5.41) is 3.47. The first-order valence-corrected chi connectivity index (χ1v) is 6.69. The van der Waals surface area contributed by atoms with Gasteiger partial charge in [-0.25, -0.2) is 0 Å². The summed E-state index contributed by atoms with van der Waals surface area (Å²) in [5.74, 6) is 1.01. The molecule has 1 unspecified atom stereocenters. The molecule has 0 spiro atoms. The van der Waals surface area contributed by atoms with E-state index in [4.69, 9.17) is 27.9 Å². The zero-order chi connectivity index (χ0) is 13.5. The fourth-order valence-electron chi connectivity index (χ4n) is 1.40. The molecule has 0 saturated carbocycles. The second-order valence-corrected chi connectivity index (χ2v) is 4.87. The molecule has 0 aliphatic heterocycles. The number of hydrogen-bond donors (Lipinski definition) is 1. The molecule has 1 rings (SSSR count). The summed E-state index contributed by atoms with van der Waals surface area (Å²) in [7, 11) is 0. The van der Waals surface area contributed by atoms with Gasteiger partial charge in [-0.1, -0.05) is 11.6 Å². The topological polar surface area (TPSA) is 38.3 Å². The Kier molecular flexibility index (Phi) is 6.30. The van der Waals surface area contributed by atoms with Crippen LogP contribution in [0.15, 0.2) is 18.2 Å². The molecule has 18 heavy (non-hydrogen) atoms. The van der Waals surface area contributed by atoms with Gasteiger partial charge in [0.15, 0.2) is 0 Å². The summed E-state index contributed by atoms with van der Waals surface area (Å²) >= 11 is 11.4. The highest BCUT2D eigenvalue weighted by Crippen LogP contribution is 2.21. The van der Waals surface area contributed by atoms with Crippen molar-refractivity contribution in [3.8, 4) is 5.75 Å². The van der Waals surface area contributed by atoms with Crippen LogP contribution in [0.1, 0.15) is 18.9 Å². The smallest absolute Gasteiger partial charge is 0.221 e. The van der Waals surface area contributed by atoms with Crippen molar-refractivity contribution in [3.05, 3.63) is 28.8 Å². The molecule has 0 bridgehead atoms. The fourth-order valence-corrected chi connectivity index (χ4v) is 1.69. The number of carbonyl (C=O) groups excluding carboxylic acids is 1. The van der Waals surface area contributed by atoms with Crippen molar-refractivity contribution in [2.75, 3.05) is 12.4 Å². The van der Waals surface area contributed by atoms with Gasteiger partial charge < -0.3 is 10.1 Å². The Morgan fingerprint density at radius 1 is 1.50 bits per heavy atom. The highest BCUT2D eigenvalue weighted by Gasteiger charge is 2.07. The third kappa shape index (κ3) is 5.15. The lowest BCUT2D eigenvalue weighted by Gasteiger charge is -2.16. The van der Waals surface area contributed by atoms with E-state index in [2.05, 4.69) is 5.32 Å². The quantitative estimate of drug-likeness (QED) is 0.817. The van der Waals surface area contributed by atoms with Crippen LogP contribution in [0.2, 0.25) is 5.02 Å². The number of alkyl halides is 1. The summed E-state index contributed by atoms with van der Waals surface area (Å²) in [6.45, 7) is 4.27. The van der Waals surface area contributed by atoms with Gasteiger partial charge in [-0.15, -0.1) is 11.6 Å². The highest BCUT2D eigenvalue weighted by molar-refractivity contribution is 6.31. The van der Waals surface area contributed by atoms with Crippen LogP contribution in [-0.4, -0.2) is 24.4 Å². The first-order valence-electron chi connectivity index (χ1n) is 5.78. The molecule has 1 N–H and O–H groups in total. The van der Waals surface area contributed by atoms with E-state index >= 15 is 0 Å². The van der Waals surface area contributed by atoms with Crippen LogP contribution in [-0.2, 0) is 4.79 Å². The Hall–Kier alpha value is -0.930. The van der Waals surface area contributed by atoms with E-state index in [-0.39, 0.29) is 12.0 Å². The highest BCUT2D eigenvalue weighted by atomic mass is 35.5.